The van der Waals surface area contributed by atoms with E-state index >= 15 is 0 Å². The first-order chi connectivity index (χ1) is 8.72. The fourth-order valence-electron chi connectivity index (χ4n) is 1.33. The number of aromatic nitrogens is 3. The number of rotatable bonds is 5. The summed E-state index contributed by atoms with van der Waals surface area (Å²) in [5.74, 6) is -0.345. The lowest BCUT2D eigenvalue weighted by molar-refractivity contribution is -0.102. The van der Waals surface area contributed by atoms with Crippen molar-refractivity contribution >= 4 is 11.8 Å². The Balaban J connectivity index is 2.20. The molecule has 1 atom stereocenters. The van der Waals surface area contributed by atoms with Crippen molar-refractivity contribution in [2.24, 2.45) is 0 Å². The van der Waals surface area contributed by atoms with E-state index in [0.717, 1.165) is 11.8 Å². The molecule has 0 aliphatic carbocycles. The molecule has 0 aliphatic rings. The standard InChI is InChI=1S/C11H12FN3O2S/c1-2-17-11(16)9-10(14-15-13-9)18-8-6-4-3-5-7(8)12/h3-6,11,16H,2H2,1H3,(H,13,14,15). The molecule has 2 N–H and O–H groups in total. The van der Waals surface area contributed by atoms with Crippen LogP contribution in [0.2, 0.25) is 0 Å². The number of nitrogens with zero attached hydrogens (tertiary/aromatic N) is 2. The Morgan fingerprint density at radius 2 is 2.22 bits per heavy atom. The van der Waals surface area contributed by atoms with Crippen molar-refractivity contribution in [3.05, 3.63) is 35.8 Å². The Kier molecular flexibility index (Phi) is 4.29. The van der Waals surface area contributed by atoms with E-state index in [1.807, 2.05) is 0 Å². The van der Waals surface area contributed by atoms with E-state index < -0.39 is 6.29 Å². The molecule has 0 aliphatic heterocycles. The van der Waals surface area contributed by atoms with Gasteiger partial charge in [0, 0.05) is 11.5 Å². The van der Waals surface area contributed by atoms with Gasteiger partial charge >= 0.3 is 0 Å². The Labute approximate surface area is 107 Å². The van der Waals surface area contributed by atoms with Crippen molar-refractivity contribution in [1.29, 1.82) is 0 Å². The second kappa shape index (κ2) is 5.94. The number of halogens is 1. The summed E-state index contributed by atoms with van der Waals surface area (Å²) in [5, 5.41) is 20.2. The molecule has 2 aromatic rings. The summed E-state index contributed by atoms with van der Waals surface area (Å²) in [6.07, 6.45) is -1.16. The molecule has 1 heterocycles. The van der Waals surface area contributed by atoms with Crippen LogP contribution in [0.3, 0.4) is 0 Å². The molecule has 18 heavy (non-hydrogen) atoms. The van der Waals surface area contributed by atoms with Crippen molar-refractivity contribution in [2.45, 2.75) is 23.1 Å². The number of aromatic amines is 1. The summed E-state index contributed by atoms with van der Waals surface area (Å²) >= 11 is 1.08. The van der Waals surface area contributed by atoms with E-state index in [2.05, 4.69) is 15.4 Å². The van der Waals surface area contributed by atoms with Crippen LogP contribution in [0.5, 0.6) is 0 Å². The highest BCUT2D eigenvalue weighted by molar-refractivity contribution is 7.99. The molecule has 0 saturated carbocycles. The summed E-state index contributed by atoms with van der Waals surface area (Å²) in [7, 11) is 0. The average molecular weight is 269 g/mol. The van der Waals surface area contributed by atoms with Crippen LogP contribution in [0.15, 0.2) is 34.2 Å². The van der Waals surface area contributed by atoms with E-state index in [0.29, 0.717) is 16.5 Å². The lowest BCUT2D eigenvalue weighted by Gasteiger charge is -2.08. The predicted molar refractivity (Wildman–Crippen MR) is 63.5 cm³/mol. The molecule has 0 saturated heterocycles. The van der Waals surface area contributed by atoms with Gasteiger partial charge in [0.1, 0.15) is 5.82 Å². The minimum Gasteiger partial charge on any atom is -0.363 e. The number of ether oxygens (including phenoxy) is 1. The number of aliphatic hydroxyl groups excluding tert-OH is 1. The maximum absolute atomic E-state index is 13.5. The molecule has 7 heteroatoms. The van der Waals surface area contributed by atoms with Crippen molar-refractivity contribution in [1.82, 2.24) is 15.4 Å². The van der Waals surface area contributed by atoms with Crippen LogP contribution >= 0.6 is 11.8 Å². The Bertz CT molecular complexity index is 520. The fraction of sp³-hybridized carbons (Fsp3) is 0.273. The van der Waals surface area contributed by atoms with Crippen LogP contribution in [0.1, 0.15) is 18.9 Å². The van der Waals surface area contributed by atoms with Crippen LogP contribution in [0.4, 0.5) is 4.39 Å². The third-order valence-corrected chi connectivity index (χ3v) is 3.19. The van der Waals surface area contributed by atoms with Crippen LogP contribution in [-0.4, -0.2) is 27.1 Å². The largest absolute Gasteiger partial charge is 0.363 e. The molecule has 0 spiro atoms. The van der Waals surface area contributed by atoms with Crippen molar-refractivity contribution < 1.29 is 14.2 Å². The Morgan fingerprint density at radius 1 is 1.44 bits per heavy atom. The molecular weight excluding hydrogens is 257 g/mol. The quantitative estimate of drug-likeness (QED) is 0.814. The van der Waals surface area contributed by atoms with Crippen LogP contribution in [-0.2, 0) is 4.74 Å². The van der Waals surface area contributed by atoms with E-state index in [-0.39, 0.29) is 11.5 Å². The normalized spacial score (nSPS) is 12.6. The van der Waals surface area contributed by atoms with Gasteiger partial charge in [0.2, 0.25) is 6.29 Å². The molecule has 1 unspecified atom stereocenters. The highest BCUT2D eigenvalue weighted by atomic mass is 32.2. The van der Waals surface area contributed by atoms with Gasteiger partial charge in [-0.25, -0.2) is 4.39 Å². The fourth-order valence-corrected chi connectivity index (χ4v) is 2.19. The van der Waals surface area contributed by atoms with Gasteiger partial charge in [-0.2, -0.15) is 10.3 Å². The minimum atomic E-state index is -1.16. The summed E-state index contributed by atoms with van der Waals surface area (Å²) in [6.45, 7) is 2.10. The Morgan fingerprint density at radius 3 is 2.94 bits per heavy atom. The molecular formula is C11H12FN3O2S. The minimum absolute atomic E-state index is 0.255. The summed E-state index contributed by atoms with van der Waals surface area (Å²) < 4.78 is 18.5. The molecule has 1 aromatic carbocycles. The smallest absolute Gasteiger partial charge is 0.203 e. The molecule has 0 amide bonds. The first-order valence-electron chi connectivity index (χ1n) is 5.35. The Hall–Kier alpha value is -1.44. The predicted octanol–water partition coefficient (Wildman–Crippen LogP) is 2.12. The zero-order valence-electron chi connectivity index (χ0n) is 9.63. The number of H-pyrrole nitrogens is 1. The maximum atomic E-state index is 13.5. The van der Waals surface area contributed by atoms with Gasteiger partial charge in [-0.3, -0.25) is 0 Å². The van der Waals surface area contributed by atoms with Crippen molar-refractivity contribution in [3.8, 4) is 0 Å². The van der Waals surface area contributed by atoms with Gasteiger partial charge in [-0.1, -0.05) is 23.9 Å². The van der Waals surface area contributed by atoms with Gasteiger partial charge in [0.05, 0.1) is 0 Å². The van der Waals surface area contributed by atoms with Crippen LogP contribution in [0.25, 0.3) is 0 Å². The van der Waals surface area contributed by atoms with E-state index in [1.165, 1.54) is 6.07 Å². The maximum Gasteiger partial charge on any atom is 0.203 e. The lowest BCUT2D eigenvalue weighted by atomic mass is 10.3. The zero-order chi connectivity index (χ0) is 13.0. The average Bonchev–Trinajstić information content (AvgIpc) is 2.81. The summed E-state index contributed by atoms with van der Waals surface area (Å²) in [5.41, 5.74) is 0.255. The van der Waals surface area contributed by atoms with Gasteiger partial charge in [-0.15, -0.1) is 5.10 Å². The summed E-state index contributed by atoms with van der Waals surface area (Å²) in [4.78, 5) is 0.413. The molecule has 0 fully saturated rings. The third-order valence-electron chi connectivity index (χ3n) is 2.14. The highest BCUT2D eigenvalue weighted by Crippen LogP contribution is 2.32. The number of aliphatic hydroxyl groups is 1. The number of benzene rings is 1. The second-order valence-electron chi connectivity index (χ2n) is 3.35. The van der Waals surface area contributed by atoms with Crippen molar-refractivity contribution in [3.63, 3.8) is 0 Å². The zero-order valence-corrected chi connectivity index (χ0v) is 10.4. The first kappa shape index (κ1) is 13.0. The third kappa shape index (κ3) is 2.87. The van der Waals surface area contributed by atoms with E-state index in [9.17, 15) is 9.50 Å². The highest BCUT2D eigenvalue weighted by Gasteiger charge is 2.19. The SMILES string of the molecule is CCOC(O)c1n[nH]nc1Sc1ccccc1F. The van der Waals surface area contributed by atoms with E-state index in [1.54, 1.807) is 25.1 Å². The van der Waals surface area contributed by atoms with E-state index in [4.69, 9.17) is 4.74 Å². The number of hydrogen-bond acceptors (Lipinski definition) is 5. The molecule has 2 rings (SSSR count). The number of nitrogens with one attached hydrogen (secondary N) is 1. The molecule has 0 radical (unpaired) electrons. The first-order valence-corrected chi connectivity index (χ1v) is 6.16. The lowest BCUT2D eigenvalue weighted by Crippen LogP contribution is -2.04. The molecule has 5 nitrogen and oxygen atoms in total. The monoisotopic (exact) mass is 269 g/mol. The van der Waals surface area contributed by atoms with Gasteiger partial charge in [0.15, 0.2) is 10.7 Å². The van der Waals surface area contributed by atoms with Crippen LogP contribution < -0.4 is 0 Å². The second-order valence-corrected chi connectivity index (χ2v) is 4.38. The molecule has 0 bridgehead atoms. The molecule has 96 valence electrons. The topological polar surface area (TPSA) is 71.0 Å². The van der Waals surface area contributed by atoms with Crippen LogP contribution in [0, 0.1) is 5.82 Å². The summed E-state index contributed by atoms with van der Waals surface area (Å²) in [6, 6.07) is 6.33. The molecule has 1 aromatic heterocycles. The van der Waals surface area contributed by atoms with Crippen molar-refractivity contribution in [2.75, 3.05) is 6.61 Å². The van der Waals surface area contributed by atoms with Gasteiger partial charge < -0.3 is 9.84 Å². The van der Waals surface area contributed by atoms with Gasteiger partial charge in [0.25, 0.3) is 0 Å². The number of hydrogen-bond donors (Lipinski definition) is 2. The van der Waals surface area contributed by atoms with Gasteiger partial charge in [-0.05, 0) is 19.1 Å².